The summed E-state index contributed by atoms with van der Waals surface area (Å²) < 4.78 is 5.30. The van der Waals surface area contributed by atoms with Gasteiger partial charge in [0.25, 0.3) is 11.7 Å². The fourth-order valence-corrected chi connectivity index (χ4v) is 4.25. The van der Waals surface area contributed by atoms with E-state index in [4.69, 9.17) is 4.74 Å². The second kappa shape index (κ2) is 9.58. The van der Waals surface area contributed by atoms with Crippen molar-refractivity contribution in [2.45, 2.75) is 39.8 Å². The van der Waals surface area contributed by atoms with E-state index in [2.05, 4.69) is 0 Å². The Balaban J connectivity index is 1.91. The molecular formula is C29H27NO5. The Morgan fingerprint density at radius 2 is 1.66 bits per heavy atom. The van der Waals surface area contributed by atoms with Crippen molar-refractivity contribution in [1.29, 1.82) is 0 Å². The highest BCUT2D eigenvalue weighted by molar-refractivity contribution is 6.51. The Morgan fingerprint density at radius 1 is 0.943 bits per heavy atom. The fourth-order valence-electron chi connectivity index (χ4n) is 4.25. The van der Waals surface area contributed by atoms with E-state index in [0.717, 1.165) is 11.1 Å². The van der Waals surface area contributed by atoms with Gasteiger partial charge in [0.15, 0.2) is 0 Å². The highest BCUT2D eigenvalue weighted by Crippen LogP contribution is 2.42. The number of hydrogen-bond donors (Lipinski definition) is 1. The number of hydrogen-bond acceptors (Lipinski definition) is 5. The summed E-state index contributed by atoms with van der Waals surface area (Å²) in [6.45, 7) is 7.24. The standard InChI is InChI=1S/C29H27NO5/c1-17(2)35-29(34)21-11-8-12-22(16-21)30-25(20-9-6-5-7-10-20)24(27(32)28(30)33)26(31)23-15-18(3)13-14-19(23)4/h5-17,25,31H,1-4H3/b26-24+. The van der Waals surface area contributed by atoms with E-state index in [-0.39, 0.29) is 23.0 Å². The van der Waals surface area contributed by atoms with E-state index >= 15 is 0 Å². The monoisotopic (exact) mass is 469 g/mol. The third-order valence-electron chi connectivity index (χ3n) is 5.91. The summed E-state index contributed by atoms with van der Waals surface area (Å²) in [5, 5.41) is 11.4. The van der Waals surface area contributed by atoms with E-state index < -0.39 is 23.7 Å². The Kier molecular flexibility index (Phi) is 6.56. The summed E-state index contributed by atoms with van der Waals surface area (Å²) in [6.07, 6.45) is -0.303. The summed E-state index contributed by atoms with van der Waals surface area (Å²) >= 11 is 0. The number of aliphatic hydroxyl groups excluding tert-OH is 1. The minimum absolute atomic E-state index is 0.00469. The molecule has 178 valence electrons. The van der Waals surface area contributed by atoms with Gasteiger partial charge in [0.1, 0.15) is 5.76 Å². The van der Waals surface area contributed by atoms with Gasteiger partial charge in [-0.3, -0.25) is 14.5 Å². The Morgan fingerprint density at radius 3 is 2.34 bits per heavy atom. The number of aryl methyl sites for hydroxylation is 2. The molecule has 1 aliphatic rings. The molecule has 1 fully saturated rings. The normalized spacial score (nSPS) is 17.2. The second-order valence-corrected chi connectivity index (χ2v) is 8.90. The number of ether oxygens (including phenoxy) is 1. The summed E-state index contributed by atoms with van der Waals surface area (Å²) in [4.78, 5) is 40.5. The highest BCUT2D eigenvalue weighted by atomic mass is 16.5. The molecule has 0 bridgehead atoms. The smallest absolute Gasteiger partial charge is 0.338 e. The quantitative estimate of drug-likeness (QED) is 0.231. The second-order valence-electron chi connectivity index (χ2n) is 8.90. The SMILES string of the molecule is Cc1ccc(C)c(/C(O)=C2\C(=O)C(=O)N(c3cccc(C(=O)OC(C)C)c3)C2c2ccccc2)c1. The molecule has 0 radical (unpaired) electrons. The Bertz CT molecular complexity index is 1340. The van der Waals surface area contributed by atoms with E-state index in [1.54, 1.807) is 50.2 Å². The van der Waals surface area contributed by atoms with Gasteiger partial charge in [0, 0.05) is 11.3 Å². The summed E-state index contributed by atoms with van der Waals surface area (Å²) in [6, 6.07) is 20.2. The van der Waals surface area contributed by atoms with Crippen LogP contribution in [0.5, 0.6) is 0 Å². The maximum atomic E-state index is 13.4. The van der Waals surface area contributed by atoms with Gasteiger partial charge in [0.05, 0.1) is 23.3 Å². The van der Waals surface area contributed by atoms with Crippen LogP contribution in [0.15, 0.2) is 78.4 Å². The number of carbonyl (C=O) groups is 3. The van der Waals surface area contributed by atoms with Crippen LogP contribution in [0.3, 0.4) is 0 Å². The predicted molar refractivity (Wildman–Crippen MR) is 134 cm³/mol. The van der Waals surface area contributed by atoms with Crippen LogP contribution in [0.1, 0.15) is 52.5 Å². The number of aliphatic hydroxyl groups is 1. The molecule has 35 heavy (non-hydrogen) atoms. The van der Waals surface area contributed by atoms with Gasteiger partial charge in [-0.15, -0.1) is 0 Å². The zero-order chi connectivity index (χ0) is 25.3. The first-order valence-corrected chi connectivity index (χ1v) is 11.4. The molecule has 1 amide bonds. The van der Waals surface area contributed by atoms with Gasteiger partial charge < -0.3 is 9.84 Å². The number of ketones is 1. The third kappa shape index (κ3) is 4.60. The van der Waals surface area contributed by atoms with Crippen LogP contribution in [-0.2, 0) is 14.3 Å². The van der Waals surface area contributed by atoms with Crippen LogP contribution < -0.4 is 4.90 Å². The molecule has 6 heteroatoms. The number of anilines is 1. The van der Waals surface area contributed by atoms with Gasteiger partial charge in [-0.05, 0) is 63.1 Å². The van der Waals surface area contributed by atoms with Crippen LogP contribution in [0.4, 0.5) is 5.69 Å². The van der Waals surface area contributed by atoms with E-state index in [1.165, 1.54) is 11.0 Å². The molecule has 1 aliphatic heterocycles. The zero-order valence-corrected chi connectivity index (χ0v) is 20.1. The van der Waals surface area contributed by atoms with E-state index in [1.807, 2.05) is 44.2 Å². The van der Waals surface area contributed by atoms with Gasteiger partial charge in [-0.2, -0.15) is 0 Å². The number of nitrogens with zero attached hydrogens (tertiary/aromatic N) is 1. The van der Waals surface area contributed by atoms with Crippen molar-refractivity contribution < 1.29 is 24.2 Å². The molecule has 1 heterocycles. The molecule has 3 aromatic rings. The average Bonchev–Trinajstić information content (AvgIpc) is 3.11. The van der Waals surface area contributed by atoms with Gasteiger partial charge in [-0.1, -0.05) is 54.1 Å². The lowest BCUT2D eigenvalue weighted by Gasteiger charge is -2.26. The largest absolute Gasteiger partial charge is 0.507 e. The molecule has 0 aliphatic carbocycles. The van der Waals surface area contributed by atoms with Crippen LogP contribution in [0, 0.1) is 13.8 Å². The van der Waals surface area contributed by atoms with Crippen LogP contribution in [0.25, 0.3) is 5.76 Å². The number of carbonyl (C=O) groups excluding carboxylic acids is 3. The first-order valence-electron chi connectivity index (χ1n) is 11.4. The molecular weight excluding hydrogens is 442 g/mol. The van der Waals surface area contributed by atoms with Crippen LogP contribution in [0.2, 0.25) is 0 Å². The van der Waals surface area contributed by atoms with Crippen molar-refractivity contribution >= 4 is 29.1 Å². The Labute approximate surface area is 204 Å². The number of Topliss-reactive ketones (excluding diaryl/α,β-unsaturated/α-hetero) is 1. The lowest BCUT2D eigenvalue weighted by Crippen LogP contribution is -2.29. The van der Waals surface area contributed by atoms with Gasteiger partial charge >= 0.3 is 5.97 Å². The lowest BCUT2D eigenvalue weighted by atomic mass is 9.93. The molecule has 0 aromatic heterocycles. The summed E-state index contributed by atoms with van der Waals surface area (Å²) in [5.74, 6) is -2.31. The molecule has 1 N–H and O–H groups in total. The zero-order valence-electron chi connectivity index (χ0n) is 20.1. The number of esters is 1. The van der Waals surface area contributed by atoms with Crippen molar-refractivity contribution in [3.63, 3.8) is 0 Å². The van der Waals surface area contributed by atoms with Crippen molar-refractivity contribution in [2.24, 2.45) is 0 Å². The van der Waals surface area contributed by atoms with Crippen LogP contribution in [-0.4, -0.2) is 28.9 Å². The predicted octanol–water partition coefficient (Wildman–Crippen LogP) is 5.49. The maximum absolute atomic E-state index is 13.4. The van der Waals surface area contributed by atoms with Crippen molar-refractivity contribution in [3.05, 3.63) is 106 Å². The lowest BCUT2D eigenvalue weighted by molar-refractivity contribution is -0.132. The molecule has 0 spiro atoms. The molecule has 1 unspecified atom stereocenters. The molecule has 6 nitrogen and oxygen atoms in total. The average molecular weight is 470 g/mol. The first-order chi connectivity index (χ1) is 16.7. The maximum Gasteiger partial charge on any atom is 0.338 e. The summed E-state index contributed by atoms with van der Waals surface area (Å²) in [7, 11) is 0. The van der Waals surface area contributed by atoms with Crippen LogP contribution >= 0.6 is 0 Å². The number of benzene rings is 3. The molecule has 1 atom stereocenters. The number of amides is 1. The van der Waals surface area contributed by atoms with E-state index in [9.17, 15) is 19.5 Å². The van der Waals surface area contributed by atoms with Crippen molar-refractivity contribution in [2.75, 3.05) is 4.90 Å². The highest BCUT2D eigenvalue weighted by Gasteiger charge is 2.47. The minimum atomic E-state index is -0.868. The van der Waals surface area contributed by atoms with Crippen molar-refractivity contribution in [3.8, 4) is 0 Å². The first kappa shape index (κ1) is 24.0. The number of rotatable bonds is 5. The van der Waals surface area contributed by atoms with Gasteiger partial charge in [-0.25, -0.2) is 4.79 Å². The molecule has 1 saturated heterocycles. The van der Waals surface area contributed by atoms with E-state index in [0.29, 0.717) is 16.8 Å². The minimum Gasteiger partial charge on any atom is -0.507 e. The third-order valence-corrected chi connectivity index (χ3v) is 5.91. The van der Waals surface area contributed by atoms with Crippen molar-refractivity contribution in [1.82, 2.24) is 0 Å². The topological polar surface area (TPSA) is 83.9 Å². The molecule has 0 saturated carbocycles. The van der Waals surface area contributed by atoms with Gasteiger partial charge in [0.2, 0.25) is 0 Å². The molecule has 4 rings (SSSR count). The molecule has 3 aromatic carbocycles. The summed E-state index contributed by atoms with van der Waals surface area (Å²) in [5.41, 5.74) is 3.49. The fraction of sp³-hybridized carbons (Fsp3) is 0.207. The Hall–Kier alpha value is -4.19.